The van der Waals surface area contributed by atoms with E-state index in [1.165, 1.54) is 24.3 Å². The smallest absolute Gasteiger partial charge is 0.412 e. The first-order valence-corrected chi connectivity index (χ1v) is 6.76. The molecule has 2 N–H and O–H groups in total. The largest absolute Gasteiger partial charge is 0.455 e. The van der Waals surface area contributed by atoms with Gasteiger partial charge in [-0.25, -0.2) is 14.0 Å². The molecule has 0 bridgehead atoms. The molecule has 0 fully saturated rings. The number of halogens is 1. The van der Waals surface area contributed by atoms with E-state index in [2.05, 4.69) is 4.74 Å². The minimum Gasteiger partial charge on any atom is -0.455 e. The molecule has 0 saturated heterocycles. The maximum atomic E-state index is 13.1. The van der Waals surface area contributed by atoms with E-state index in [0.29, 0.717) is 16.5 Å². The van der Waals surface area contributed by atoms with Gasteiger partial charge < -0.3 is 14.9 Å². The number of nitrogens with two attached hydrogens (primary N) is 1. The number of rotatable bonds is 2. The van der Waals surface area contributed by atoms with Gasteiger partial charge in [-0.2, -0.15) is 0 Å². The van der Waals surface area contributed by atoms with Crippen molar-refractivity contribution >= 4 is 23.0 Å². The van der Waals surface area contributed by atoms with Crippen LogP contribution in [0.3, 0.4) is 0 Å². The molecule has 0 radical (unpaired) electrons. The van der Waals surface area contributed by atoms with Crippen LogP contribution in [-0.4, -0.2) is 12.1 Å². The summed E-state index contributed by atoms with van der Waals surface area (Å²) in [4.78, 5) is 23.1. The van der Waals surface area contributed by atoms with Gasteiger partial charge in [-0.1, -0.05) is 11.6 Å². The zero-order chi connectivity index (χ0) is 16.6. The van der Waals surface area contributed by atoms with Gasteiger partial charge in [0.2, 0.25) is 0 Å². The van der Waals surface area contributed by atoms with E-state index in [0.717, 1.165) is 5.56 Å². The van der Waals surface area contributed by atoms with E-state index < -0.39 is 17.9 Å². The summed E-state index contributed by atoms with van der Waals surface area (Å²) in [7, 11) is 0. The normalized spacial score (nSPS) is 10.7. The third kappa shape index (κ3) is 2.78. The Morgan fingerprint density at radius 1 is 1.13 bits per heavy atom. The molecule has 0 aliphatic heterocycles. The molecule has 0 unspecified atom stereocenters. The summed E-state index contributed by atoms with van der Waals surface area (Å²) in [6.07, 6.45) is -1.21. The van der Waals surface area contributed by atoms with Crippen LogP contribution in [0.4, 0.5) is 9.18 Å². The van der Waals surface area contributed by atoms with Gasteiger partial charge in [-0.05, 0) is 43.3 Å². The molecule has 0 saturated carbocycles. The third-order valence-electron chi connectivity index (χ3n) is 3.35. The highest BCUT2D eigenvalue weighted by molar-refractivity contribution is 6.11. The molecule has 6 heteroatoms. The Hall–Kier alpha value is -3.15. The van der Waals surface area contributed by atoms with Crippen molar-refractivity contribution in [3.63, 3.8) is 0 Å². The highest BCUT2D eigenvalue weighted by Gasteiger charge is 2.24. The van der Waals surface area contributed by atoms with Crippen LogP contribution in [0, 0.1) is 12.7 Å². The number of hydrogen-bond donors (Lipinski definition) is 1. The number of furan rings is 1. The van der Waals surface area contributed by atoms with Crippen LogP contribution in [0.25, 0.3) is 22.3 Å². The standard InChI is InChI=1S/C17H12FNO4/c1-9-2-7-13-12(8-9)14(16(20)23-17(19)21)15(22-13)10-3-5-11(18)6-4-10/h2-8H,1H3,(H2,19,21). The number of benzene rings is 2. The molecule has 23 heavy (non-hydrogen) atoms. The van der Waals surface area contributed by atoms with E-state index in [1.54, 1.807) is 12.1 Å². The first-order chi connectivity index (χ1) is 11.0. The van der Waals surface area contributed by atoms with Crippen LogP contribution in [0.2, 0.25) is 0 Å². The van der Waals surface area contributed by atoms with E-state index in [9.17, 15) is 14.0 Å². The van der Waals surface area contributed by atoms with Crippen molar-refractivity contribution in [1.82, 2.24) is 0 Å². The minimum absolute atomic E-state index is 0.0779. The SMILES string of the molecule is Cc1ccc2oc(-c3ccc(F)cc3)c(C(=O)OC(N)=O)c2c1. The summed E-state index contributed by atoms with van der Waals surface area (Å²) >= 11 is 0. The minimum atomic E-state index is -1.21. The van der Waals surface area contributed by atoms with Gasteiger partial charge in [-0.15, -0.1) is 0 Å². The molecule has 116 valence electrons. The van der Waals surface area contributed by atoms with Crippen molar-refractivity contribution in [2.75, 3.05) is 0 Å². The Morgan fingerprint density at radius 2 is 1.83 bits per heavy atom. The fourth-order valence-electron chi connectivity index (χ4n) is 2.36. The van der Waals surface area contributed by atoms with Crippen molar-refractivity contribution in [1.29, 1.82) is 0 Å². The van der Waals surface area contributed by atoms with Crippen LogP contribution in [-0.2, 0) is 4.74 Å². The third-order valence-corrected chi connectivity index (χ3v) is 3.35. The van der Waals surface area contributed by atoms with Gasteiger partial charge in [0.1, 0.15) is 22.7 Å². The molecule has 2 aromatic carbocycles. The average molecular weight is 313 g/mol. The number of aryl methyl sites for hydroxylation is 1. The van der Waals surface area contributed by atoms with Crippen molar-refractivity contribution in [2.45, 2.75) is 6.92 Å². The van der Waals surface area contributed by atoms with Gasteiger partial charge >= 0.3 is 12.1 Å². The number of ether oxygens (including phenoxy) is 1. The van der Waals surface area contributed by atoms with Crippen molar-refractivity contribution in [2.24, 2.45) is 5.73 Å². The first kappa shape index (κ1) is 14.8. The second-order valence-electron chi connectivity index (χ2n) is 5.02. The average Bonchev–Trinajstić information content (AvgIpc) is 2.85. The molecular weight excluding hydrogens is 301 g/mol. The lowest BCUT2D eigenvalue weighted by Crippen LogP contribution is -2.18. The topological polar surface area (TPSA) is 82.5 Å². The van der Waals surface area contributed by atoms with Crippen molar-refractivity contribution in [3.05, 3.63) is 59.4 Å². The molecule has 3 rings (SSSR count). The monoisotopic (exact) mass is 313 g/mol. The lowest BCUT2D eigenvalue weighted by atomic mass is 10.0. The molecule has 0 aliphatic carbocycles. The fraction of sp³-hybridized carbons (Fsp3) is 0.0588. The molecule has 5 nitrogen and oxygen atoms in total. The number of amides is 1. The first-order valence-electron chi connectivity index (χ1n) is 6.76. The zero-order valence-electron chi connectivity index (χ0n) is 12.1. The molecule has 1 aromatic heterocycles. The molecule has 1 heterocycles. The maximum absolute atomic E-state index is 13.1. The van der Waals surface area contributed by atoms with E-state index in [-0.39, 0.29) is 11.3 Å². The lowest BCUT2D eigenvalue weighted by Gasteiger charge is -2.02. The molecule has 0 spiro atoms. The van der Waals surface area contributed by atoms with Crippen LogP contribution in [0.5, 0.6) is 0 Å². The van der Waals surface area contributed by atoms with E-state index in [1.807, 2.05) is 13.0 Å². The van der Waals surface area contributed by atoms with Gasteiger partial charge in [0.25, 0.3) is 0 Å². The maximum Gasteiger partial charge on any atom is 0.412 e. The lowest BCUT2D eigenvalue weighted by molar-refractivity contribution is 0.0640. The summed E-state index contributed by atoms with van der Waals surface area (Å²) in [5.74, 6) is -1.14. The number of carbonyl (C=O) groups excluding carboxylic acids is 2. The number of esters is 1. The highest BCUT2D eigenvalue weighted by Crippen LogP contribution is 2.34. The molecule has 3 aromatic rings. The Balaban J connectivity index is 2.25. The Kier molecular flexibility index (Phi) is 3.57. The summed E-state index contributed by atoms with van der Waals surface area (Å²) in [6, 6.07) is 10.7. The summed E-state index contributed by atoms with van der Waals surface area (Å²) in [6.45, 7) is 1.85. The summed E-state index contributed by atoms with van der Waals surface area (Å²) < 4.78 is 23.3. The summed E-state index contributed by atoms with van der Waals surface area (Å²) in [5.41, 5.74) is 6.83. The number of carbonyl (C=O) groups is 2. The highest BCUT2D eigenvalue weighted by atomic mass is 19.1. The second kappa shape index (κ2) is 5.57. The van der Waals surface area contributed by atoms with Crippen LogP contribution >= 0.6 is 0 Å². The fourth-order valence-corrected chi connectivity index (χ4v) is 2.36. The van der Waals surface area contributed by atoms with Crippen molar-refractivity contribution in [3.8, 4) is 11.3 Å². The molecule has 1 amide bonds. The van der Waals surface area contributed by atoms with Crippen molar-refractivity contribution < 1.29 is 23.1 Å². The van der Waals surface area contributed by atoms with E-state index in [4.69, 9.17) is 10.2 Å². The Morgan fingerprint density at radius 3 is 2.48 bits per heavy atom. The second-order valence-corrected chi connectivity index (χ2v) is 5.02. The molecular formula is C17H12FNO4. The predicted octanol–water partition coefficient (Wildman–Crippen LogP) is 3.78. The quantitative estimate of drug-likeness (QED) is 0.576. The molecule has 0 atom stereocenters. The van der Waals surface area contributed by atoms with Crippen LogP contribution in [0.15, 0.2) is 46.9 Å². The van der Waals surface area contributed by atoms with E-state index >= 15 is 0 Å². The number of hydrogen-bond acceptors (Lipinski definition) is 4. The van der Waals surface area contributed by atoms with Gasteiger partial charge in [0, 0.05) is 10.9 Å². The predicted molar refractivity (Wildman–Crippen MR) is 81.3 cm³/mol. The number of primary amides is 1. The Bertz CT molecular complexity index is 912. The summed E-state index contributed by atoms with van der Waals surface area (Å²) in [5, 5.41) is 0.496. The van der Waals surface area contributed by atoms with Crippen LogP contribution < -0.4 is 5.73 Å². The van der Waals surface area contributed by atoms with Gasteiger partial charge in [0.05, 0.1) is 0 Å². The van der Waals surface area contributed by atoms with Gasteiger partial charge in [0.15, 0.2) is 0 Å². The van der Waals surface area contributed by atoms with Crippen LogP contribution in [0.1, 0.15) is 15.9 Å². The number of fused-ring (bicyclic) bond motifs is 1. The van der Waals surface area contributed by atoms with Gasteiger partial charge in [-0.3, -0.25) is 0 Å². The zero-order valence-corrected chi connectivity index (χ0v) is 12.1. The Labute approximate surface area is 130 Å². The molecule has 0 aliphatic rings.